The Morgan fingerprint density at radius 1 is 1.35 bits per heavy atom. The molecule has 0 bridgehead atoms. The van der Waals surface area contributed by atoms with Gasteiger partial charge in [-0.15, -0.1) is 0 Å². The molecule has 0 aromatic heterocycles. The molecule has 0 aliphatic heterocycles. The van der Waals surface area contributed by atoms with Crippen LogP contribution in [0.2, 0.25) is 5.02 Å². The molecule has 92 valence electrons. The Morgan fingerprint density at radius 2 is 2.12 bits per heavy atom. The van der Waals surface area contributed by atoms with Crippen molar-refractivity contribution in [1.82, 2.24) is 5.32 Å². The van der Waals surface area contributed by atoms with Crippen LogP contribution in [0, 0.1) is 0 Å². The van der Waals surface area contributed by atoms with E-state index in [0.29, 0.717) is 5.02 Å². The van der Waals surface area contributed by atoms with Gasteiger partial charge in [0.1, 0.15) is 0 Å². The minimum Gasteiger partial charge on any atom is -0.353 e. The number of benzene rings is 1. The molecule has 0 aliphatic rings. The molecule has 1 amide bonds. The molecule has 2 nitrogen and oxygen atoms in total. The number of hydrogen-bond donors (Lipinski definition) is 1. The van der Waals surface area contributed by atoms with Crippen LogP contribution in [0.15, 0.2) is 30.3 Å². The number of halogens is 1. The summed E-state index contributed by atoms with van der Waals surface area (Å²) in [6.45, 7) is 2.87. The van der Waals surface area contributed by atoms with Gasteiger partial charge in [-0.2, -0.15) is 0 Å². The molecular formula is C14H18ClNO. The summed E-state index contributed by atoms with van der Waals surface area (Å²) in [6, 6.07) is 7.44. The van der Waals surface area contributed by atoms with Gasteiger partial charge in [-0.25, -0.2) is 0 Å². The van der Waals surface area contributed by atoms with E-state index < -0.39 is 0 Å². The molecule has 1 aromatic rings. The number of amides is 1. The normalized spacial score (nSPS) is 10.7. The third-order valence-electron chi connectivity index (χ3n) is 2.40. The zero-order valence-electron chi connectivity index (χ0n) is 10.1. The largest absolute Gasteiger partial charge is 0.353 e. The van der Waals surface area contributed by atoms with E-state index in [1.54, 1.807) is 12.1 Å². The maximum atomic E-state index is 11.4. The number of rotatable bonds is 6. The predicted molar refractivity (Wildman–Crippen MR) is 73.0 cm³/mol. The van der Waals surface area contributed by atoms with Gasteiger partial charge in [0.15, 0.2) is 0 Å². The fourth-order valence-corrected chi connectivity index (χ4v) is 1.62. The van der Waals surface area contributed by atoms with Crippen LogP contribution in [-0.2, 0) is 4.79 Å². The van der Waals surface area contributed by atoms with Gasteiger partial charge in [0.05, 0.1) is 0 Å². The predicted octanol–water partition coefficient (Wildman–Crippen LogP) is 3.66. The molecule has 0 fully saturated rings. The van der Waals surface area contributed by atoms with Crippen LogP contribution < -0.4 is 5.32 Å². The zero-order valence-corrected chi connectivity index (χ0v) is 10.8. The molecule has 3 heteroatoms. The molecule has 1 N–H and O–H groups in total. The van der Waals surface area contributed by atoms with Crippen LogP contribution in [0.3, 0.4) is 0 Å². The topological polar surface area (TPSA) is 29.1 Å². The number of hydrogen-bond acceptors (Lipinski definition) is 1. The summed E-state index contributed by atoms with van der Waals surface area (Å²) in [5, 5.41) is 3.49. The molecule has 0 radical (unpaired) electrons. The second kappa shape index (κ2) is 7.91. The van der Waals surface area contributed by atoms with Crippen LogP contribution in [-0.4, -0.2) is 12.5 Å². The van der Waals surface area contributed by atoms with Crippen molar-refractivity contribution in [2.75, 3.05) is 6.54 Å². The maximum absolute atomic E-state index is 11.4. The van der Waals surface area contributed by atoms with Gasteiger partial charge >= 0.3 is 0 Å². The molecule has 17 heavy (non-hydrogen) atoms. The molecule has 0 saturated heterocycles. The Morgan fingerprint density at radius 3 is 2.82 bits per heavy atom. The van der Waals surface area contributed by atoms with Crippen LogP contribution in [0.5, 0.6) is 0 Å². The maximum Gasteiger partial charge on any atom is 0.243 e. The van der Waals surface area contributed by atoms with E-state index in [0.717, 1.165) is 31.4 Å². The van der Waals surface area contributed by atoms with Crippen LogP contribution in [0.1, 0.15) is 31.7 Å². The number of nitrogens with one attached hydrogen (secondary N) is 1. The summed E-state index contributed by atoms with van der Waals surface area (Å²) in [4.78, 5) is 11.4. The smallest absolute Gasteiger partial charge is 0.243 e. The number of unbranched alkanes of at least 4 members (excludes halogenated alkanes) is 2. The number of carbonyl (C=O) groups excluding carboxylic acids is 1. The standard InChI is InChI=1S/C14H18ClNO/c1-2-3-6-11-16-14(17)10-9-12-7-4-5-8-13(12)15/h4-5,7-10H,2-3,6,11H2,1H3,(H,16,17)/b10-9+. The Labute approximate surface area is 108 Å². The third-order valence-corrected chi connectivity index (χ3v) is 2.74. The van der Waals surface area contributed by atoms with Gasteiger partial charge in [0.2, 0.25) is 5.91 Å². The molecule has 1 aromatic carbocycles. The van der Waals surface area contributed by atoms with Crippen molar-refractivity contribution >= 4 is 23.6 Å². The van der Waals surface area contributed by atoms with Crippen molar-refractivity contribution in [3.63, 3.8) is 0 Å². The third kappa shape index (κ3) is 5.55. The summed E-state index contributed by atoms with van der Waals surface area (Å²) >= 11 is 5.97. The Balaban J connectivity index is 2.38. The number of carbonyl (C=O) groups is 1. The average molecular weight is 252 g/mol. The second-order valence-corrected chi connectivity index (χ2v) is 4.26. The highest BCUT2D eigenvalue weighted by Crippen LogP contribution is 2.15. The monoisotopic (exact) mass is 251 g/mol. The van der Waals surface area contributed by atoms with E-state index in [1.807, 2.05) is 18.2 Å². The summed E-state index contributed by atoms with van der Waals surface area (Å²) in [6.07, 6.45) is 6.59. The van der Waals surface area contributed by atoms with Crippen molar-refractivity contribution in [2.45, 2.75) is 26.2 Å². The first-order valence-electron chi connectivity index (χ1n) is 5.94. The molecule has 1 rings (SSSR count). The lowest BCUT2D eigenvalue weighted by Gasteiger charge is -2.01. The first-order valence-corrected chi connectivity index (χ1v) is 6.32. The van der Waals surface area contributed by atoms with Gasteiger partial charge < -0.3 is 5.32 Å². The Hall–Kier alpha value is -1.28. The van der Waals surface area contributed by atoms with Gasteiger partial charge in [-0.05, 0) is 24.1 Å². The van der Waals surface area contributed by atoms with Crippen molar-refractivity contribution in [3.05, 3.63) is 40.9 Å². The van der Waals surface area contributed by atoms with Gasteiger partial charge in [-0.3, -0.25) is 4.79 Å². The van der Waals surface area contributed by atoms with E-state index in [2.05, 4.69) is 12.2 Å². The van der Waals surface area contributed by atoms with Crippen LogP contribution >= 0.6 is 11.6 Å². The molecule has 0 spiro atoms. The van der Waals surface area contributed by atoms with Crippen molar-refractivity contribution in [2.24, 2.45) is 0 Å². The van der Waals surface area contributed by atoms with Gasteiger partial charge in [0.25, 0.3) is 0 Å². The Bertz CT molecular complexity index is 388. The fourth-order valence-electron chi connectivity index (χ4n) is 1.42. The minimum absolute atomic E-state index is 0.0685. The lowest BCUT2D eigenvalue weighted by atomic mass is 10.2. The summed E-state index contributed by atoms with van der Waals surface area (Å²) in [5.74, 6) is -0.0685. The SMILES string of the molecule is CCCCCNC(=O)/C=C/c1ccccc1Cl. The van der Waals surface area contributed by atoms with Gasteiger partial charge in [0, 0.05) is 17.6 Å². The quantitative estimate of drug-likeness (QED) is 0.607. The van der Waals surface area contributed by atoms with Crippen molar-refractivity contribution in [1.29, 1.82) is 0 Å². The zero-order chi connectivity index (χ0) is 12.5. The molecule has 0 saturated carbocycles. The summed E-state index contributed by atoms with van der Waals surface area (Å²) in [5.41, 5.74) is 0.859. The fraction of sp³-hybridized carbons (Fsp3) is 0.357. The molecule has 0 unspecified atom stereocenters. The molecule has 0 heterocycles. The highest BCUT2D eigenvalue weighted by molar-refractivity contribution is 6.32. The second-order valence-electron chi connectivity index (χ2n) is 3.85. The minimum atomic E-state index is -0.0685. The van der Waals surface area contributed by atoms with E-state index >= 15 is 0 Å². The van der Waals surface area contributed by atoms with Crippen molar-refractivity contribution in [3.8, 4) is 0 Å². The van der Waals surface area contributed by atoms with E-state index in [9.17, 15) is 4.79 Å². The highest BCUT2D eigenvalue weighted by Gasteiger charge is 1.96. The van der Waals surface area contributed by atoms with E-state index in [4.69, 9.17) is 11.6 Å². The van der Waals surface area contributed by atoms with Gasteiger partial charge in [-0.1, -0.05) is 49.6 Å². The summed E-state index contributed by atoms with van der Waals surface area (Å²) in [7, 11) is 0. The summed E-state index contributed by atoms with van der Waals surface area (Å²) < 4.78 is 0. The van der Waals surface area contributed by atoms with E-state index in [1.165, 1.54) is 6.08 Å². The molecule has 0 aliphatic carbocycles. The molecular weight excluding hydrogens is 234 g/mol. The average Bonchev–Trinajstić information content (AvgIpc) is 2.34. The first-order chi connectivity index (χ1) is 8.24. The highest BCUT2D eigenvalue weighted by atomic mass is 35.5. The lowest BCUT2D eigenvalue weighted by molar-refractivity contribution is -0.116. The first kappa shape index (κ1) is 13.8. The van der Waals surface area contributed by atoms with Crippen LogP contribution in [0.4, 0.5) is 0 Å². The van der Waals surface area contributed by atoms with E-state index in [-0.39, 0.29) is 5.91 Å². The lowest BCUT2D eigenvalue weighted by Crippen LogP contribution is -2.21. The Kier molecular flexibility index (Phi) is 6.41. The van der Waals surface area contributed by atoms with Crippen molar-refractivity contribution < 1.29 is 4.79 Å². The van der Waals surface area contributed by atoms with Crippen LogP contribution in [0.25, 0.3) is 6.08 Å². The molecule has 0 atom stereocenters.